The Hall–Kier alpha value is -0.160. The second-order valence-corrected chi connectivity index (χ2v) is 5.82. The minimum atomic E-state index is 0.0612. The molecule has 1 atom stereocenters. The monoisotopic (exact) mass is 256 g/mol. The van der Waals surface area contributed by atoms with Crippen molar-refractivity contribution in [3.63, 3.8) is 0 Å². The minimum absolute atomic E-state index is 0.0612. The van der Waals surface area contributed by atoms with E-state index in [-0.39, 0.29) is 6.29 Å². The van der Waals surface area contributed by atoms with Gasteiger partial charge in [-0.15, -0.1) is 0 Å². The van der Waals surface area contributed by atoms with Gasteiger partial charge in [-0.2, -0.15) is 0 Å². The van der Waals surface area contributed by atoms with Crippen molar-refractivity contribution in [3.05, 3.63) is 0 Å². The van der Waals surface area contributed by atoms with Crippen molar-refractivity contribution in [2.75, 3.05) is 39.9 Å². The molecule has 0 aromatic heterocycles. The fraction of sp³-hybridized carbons (Fsp3) is 1.00. The number of nitrogens with one attached hydrogen (secondary N) is 1. The molecule has 0 saturated carbocycles. The molecule has 106 valence electrons. The highest BCUT2D eigenvalue weighted by molar-refractivity contribution is 4.87. The standard InChI is InChI=1S/C14H28N2O2/c1-14(15-2)6-8-16(9-7-14)10-12-18-13-5-3-4-11-17-13/h13,15H,3-12H2,1-2H3. The van der Waals surface area contributed by atoms with E-state index in [0.717, 1.165) is 26.2 Å². The van der Waals surface area contributed by atoms with Crippen LogP contribution in [0.25, 0.3) is 0 Å². The van der Waals surface area contributed by atoms with Gasteiger partial charge in [0.25, 0.3) is 0 Å². The fourth-order valence-electron chi connectivity index (χ4n) is 2.68. The fourth-order valence-corrected chi connectivity index (χ4v) is 2.68. The van der Waals surface area contributed by atoms with Crippen LogP contribution in [0.15, 0.2) is 0 Å². The third-order valence-electron chi connectivity index (χ3n) is 4.41. The molecule has 2 fully saturated rings. The molecule has 1 unspecified atom stereocenters. The molecule has 0 aromatic rings. The highest BCUT2D eigenvalue weighted by Gasteiger charge is 2.28. The maximum absolute atomic E-state index is 5.78. The first kappa shape index (κ1) is 14.3. The van der Waals surface area contributed by atoms with Crippen LogP contribution in [0, 0.1) is 0 Å². The number of likely N-dealkylation sites (tertiary alicyclic amines) is 1. The lowest BCUT2D eigenvalue weighted by Crippen LogP contribution is -2.50. The normalized spacial score (nSPS) is 29.3. The number of rotatable bonds is 5. The topological polar surface area (TPSA) is 33.7 Å². The van der Waals surface area contributed by atoms with E-state index in [1.165, 1.54) is 38.8 Å². The number of ether oxygens (including phenoxy) is 2. The SMILES string of the molecule is CNC1(C)CCN(CCOC2CCCCO2)CC1. The van der Waals surface area contributed by atoms with E-state index < -0.39 is 0 Å². The predicted octanol–water partition coefficient (Wildman–Crippen LogP) is 1.60. The maximum Gasteiger partial charge on any atom is 0.157 e. The summed E-state index contributed by atoms with van der Waals surface area (Å²) in [5.74, 6) is 0. The second kappa shape index (κ2) is 6.85. The van der Waals surface area contributed by atoms with Crippen LogP contribution < -0.4 is 5.32 Å². The summed E-state index contributed by atoms with van der Waals surface area (Å²) in [4.78, 5) is 2.50. The number of hydrogen-bond donors (Lipinski definition) is 1. The molecule has 0 bridgehead atoms. The maximum atomic E-state index is 5.78. The lowest BCUT2D eigenvalue weighted by atomic mass is 9.90. The van der Waals surface area contributed by atoms with E-state index in [1.54, 1.807) is 0 Å². The van der Waals surface area contributed by atoms with Crippen molar-refractivity contribution in [1.29, 1.82) is 0 Å². The van der Waals surface area contributed by atoms with Crippen LogP contribution in [0.2, 0.25) is 0 Å². The summed E-state index contributed by atoms with van der Waals surface area (Å²) in [7, 11) is 2.07. The zero-order valence-electron chi connectivity index (χ0n) is 11.9. The first-order valence-corrected chi connectivity index (χ1v) is 7.36. The zero-order valence-corrected chi connectivity index (χ0v) is 11.9. The van der Waals surface area contributed by atoms with Crippen molar-refractivity contribution in [2.45, 2.75) is 50.9 Å². The highest BCUT2D eigenvalue weighted by Crippen LogP contribution is 2.21. The van der Waals surface area contributed by atoms with E-state index in [2.05, 4.69) is 24.2 Å². The molecule has 0 radical (unpaired) electrons. The Labute approximate surface area is 111 Å². The lowest BCUT2D eigenvalue weighted by Gasteiger charge is -2.39. The van der Waals surface area contributed by atoms with Crippen LogP contribution in [-0.2, 0) is 9.47 Å². The van der Waals surface area contributed by atoms with E-state index >= 15 is 0 Å². The Balaban J connectivity index is 1.57. The Bertz CT molecular complexity index is 234. The molecule has 1 N–H and O–H groups in total. The van der Waals surface area contributed by atoms with Gasteiger partial charge in [0.15, 0.2) is 6.29 Å². The van der Waals surface area contributed by atoms with E-state index in [4.69, 9.17) is 9.47 Å². The van der Waals surface area contributed by atoms with Crippen molar-refractivity contribution in [2.24, 2.45) is 0 Å². The van der Waals surface area contributed by atoms with Gasteiger partial charge in [0.1, 0.15) is 0 Å². The molecule has 0 spiro atoms. The Morgan fingerprint density at radius 1 is 1.33 bits per heavy atom. The van der Waals surface area contributed by atoms with Gasteiger partial charge in [-0.05, 0) is 59.2 Å². The molecule has 4 nitrogen and oxygen atoms in total. The molecule has 2 rings (SSSR count). The lowest BCUT2D eigenvalue weighted by molar-refractivity contribution is -0.164. The average molecular weight is 256 g/mol. The summed E-state index contributed by atoms with van der Waals surface area (Å²) < 4.78 is 11.4. The zero-order chi connectivity index (χ0) is 12.8. The van der Waals surface area contributed by atoms with Gasteiger partial charge in [-0.3, -0.25) is 0 Å². The molecule has 4 heteroatoms. The van der Waals surface area contributed by atoms with E-state index in [0.29, 0.717) is 5.54 Å². The summed E-state index contributed by atoms with van der Waals surface area (Å²) in [6.45, 7) is 7.38. The van der Waals surface area contributed by atoms with Crippen LogP contribution in [-0.4, -0.2) is 56.6 Å². The van der Waals surface area contributed by atoms with Crippen molar-refractivity contribution >= 4 is 0 Å². The number of piperidine rings is 1. The summed E-state index contributed by atoms with van der Waals surface area (Å²) >= 11 is 0. The molecule has 2 heterocycles. The Morgan fingerprint density at radius 3 is 2.72 bits per heavy atom. The third-order valence-corrected chi connectivity index (χ3v) is 4.41. The summed E-state index contributed by atoms with van der Waals surface area (Å²) in [5.41, 5.74) is 0.337. The molecule has 18 heavy (non-hydrogen) atoms. The first-order valence-electron chi connectivity index (χ1n) is 7.36. The summed E-state index contributed by atoms with van der Waals surface area (Å²) in [6, 6.07) is 0. The van der Waals surface area contributed by atoms with Crippen LogP contribution in [0.4, 0.5) is 0 Å². The van der Waals surface area contributed by atoms with Crippen molar-refractivity contribution in [3.8, 4) is 0 Å². The summed E-state index contributed by atoms with van der Waals surface area (Å²) in [6.07, 6.45) is 6.01. The van der Waals surface area contributed by atoms with Gasteiger partial charge < -0.3 is 19.7 Å². The average Bonchev–Trinajstić information content (AvgIpc) is 2.42. The van der Waals surface area contributed by atoms with Gasteiger partial charge in [0.05, 0.1) is 6.61 Å². The number of hydrogen-bond acceptors (Lipinski definition) is 4. The highest BCUT2D eigenvalue weighted by atomic mass is 16.7. The molecule has 2 aliphatic heterocycles. The molecule has 2 aliphatic rings. The van der Waals surface area contributed by atoms with Crippen LogP contribution in [0.1, 0.15) is 39.0 Å². The quantitative estimate of drug-likeness (QED) is 0.810. The van der Waals surface area contributed by atoms with Gasteiger partial charge in [-0.1, -0.05) is 0 Å². The van der Waals surface area contributed by atoms with Gasteiger partial charge in [0, 0.05) is 18.7 Å². The Morgan fingerprint density at radius 2 is 2.11 bits per heavy atom. The van der Waals surface area contributed by atoms with Crippen molar-refractivity contribution in [1.82, 2.24) is 10.2 Å². The molecule has 0 aliphatic carbocycles. The van der Waals surface area contributed by atoms with E-state index in [1.807, 2.05) is 0 Å². The van der Waals surface area contributed by atoms with Gasteiger partial charge >= 0.3 is 0 Å². The third kappa shape index (κ3) is 4.19. The molecular formula is C14H28N2O2. The molecule has 0 aromatic carbocycles. The Kier molecular flexibility index (Phi) is 5.42. The molecule has 2 saturated heterocycles. The van der Waals surface area contributed by atoms with Crippen molar-refractivity contribution < 1.29 is 9.47 Å². The molecular weight excluding hydrogens is 228 g/mol. The predicted molar refractivity (Wildman–Crippen MR) is 72.7 cm³/mol. The van der Waals surface area contributed by atoms with E-state index in [9.17, 15) is 0 Å². The summed E-state index contributed by atoms with van der Waals surface area (Å²) in [5, 5.41) is 3.43. The second-order valence-electron chi connectivity index (χ2n) is 5.82. The molecule has 0 amide bonds. The minimum Gasteiger partial charge on any atom is -0.353 e. The number of nitrogens with zero attached hydrogens (tertiary/aromatic N) is 1. The van der Waals surface area contributed by atoms with Crippen LogP contribution in [0.3, 0.4) is 0 Å². The van der Waals surface area contributed by atoms with Gasteiger partial charge in [0.2, 0.25) is 0 Å². The van der Waals surface area contributed by atoms with Crippen LogP contribution >= 0.6 is 0 Å². The van der Waals surface area contributed by atoms with Crippen LogP contribution in [0.5, 0.6) is 0 Å². The smallest absolute Gasteiger partial charge is 0.157 e. The van der Waals surface area contributed by atoms with Gasteiger partial charge in [-0.25, -0.2) is 0 Å². The largest absolute Gasteiger partial charge is 0.353 e. The first-order chi connectivity index (χ1) is 8.72.